The third-order valence-corrected chi connectivity index (χ3v) is 6.17. The Balaban J connectivity index is 1.46. The van der Waals surface area contributed by atoms with E-state index >= 15 is 0 Å². The number of ketones is 1. The second kappa shape index (κ2) is 13.7. The average Bonchev–Trinajstić information content (AvgIpc) is 3.38. The Labute approximate surface area is 202 Å². The number of Topliss-reactive ketones (excluding diaryl/α,β-unsaturated/α-hetero) is 1. The number of nitrogens with zero attached hydrogens (tertiary/aromatic N) is 1. The zero-order chi connectivity index (χ0) is 24.2. The molecule has 0 saturated carbocycles. The molecule has 182 valence electrons. The minimum Gasteiger partial charge on any atom is -0.497 e. The van der Waals surface area contributed by atoms with Gasteiger partial charge in [0, 0.05) is 24.9 Å². The van der Waals surface area contributed by atoms with Crippen molar-refractivity contribution in [1.82, 2.24) is 10.2 Å². The lowest BCUT2D eigenvalue weighted by molar-refractivity contribution is -0.122. The maximum Gasteiger partial charge on any atom is 0.220 e. The van der Waals surface area contributed by atoms with Gasteiger partial charge >= 0.3 is 0 Å². The highest BCUT2D eigenvalue weighted by Gasteiger charge is 2.24. The topological polar surface area (TPSA) is 78.9 Å². The number of carbonyl (C=O) groups excluding carboxylic acids is 2. The lowest BCUT2D eigenvalue weighted by atomic mass is 10.0. The van der Waals surface area contributed by atoms with Crippen molar-refractivity contribution < 1.29 is 19.4 Å². The Hall–Kier alpha value is -2.96. The molecule has 2 N–H and O–H groups in total. The van der Waals surface area contributed by atoms with Crippen LogP contribution in [0.15, 0.2) is 60.7 Å². The number of rotatable bonds is 13. The van der Waals surface area contributed by atoms with E-state index in [0.29, 0.717) is 37.8 Å². The summed E-state index contributed by atoms with van der Waals surface area (Å²) in [5.41, 5.74) is 1.67. The largest absolute Gasteiger partial charge is 0.497 e. The zero-order valence-electron chi connectivity index (χ0n) is 20.0. The molecule has 2 atom stereocenters. The molecule has 2 aromatic carbocycles. The van der Waals surface area contributed by atoms with Crippen molar-refractivity contribution in [2.45, 2.75) is 50.7 Å². The molecule has 1 aliphatic heterocycles. The van der Waals surface area contributed by atoms with Crippen molar-refractivity contribution >= 4 is 17.8 Å². The SMILES string of the molecule is COc1ccc(C(=O)CCCCC(=O)NC(CN2CCCC2)[C@H](O)/C=C/c2ccccc2)cc1. The van der Waals surface area contributed by atoms with Crippen LogP contribution in [0.1, 0.15) is 54.4 Å². The van der Waals surface area contributed by atoms with Crippen molar-refractivity contribution in [3.05, 3.63) is 71.8 Å². The molecule has 0 bridgehead atoms. The van der Waals surface area contributed by atoms with E-state index in [2.05, 4.69) is 10.2 Å². The van der Waals surface area contributed by atoms with Gasteiger partial charge in [-0.05, 0) is 68.6 Å². The van der Waals surface area contributed by atoms with Crippen molar-refractivity contribution in [2.24, 2.45) is 0 Å². The van der Waals surface area contributed by atoms with Crippen LogP contribution in [0.2, 0.25) is 0 Å². The summed E-state index contributed by atoms with van der Waals surface area (Å²) in [6.07, 6.45) is 7.17. The van der Waals surface area contributed by atoms with Gasteiger partial charge in [0.2, 0.25) is 5.91 Å². The molecule has 6 heteroatoms. The van der Waals surface area contributed by atoms with Gasteiger partial charge in [0.1, 0.15) is 5.75 Å². The Morgan fingerprint density at radius 3 is 2.38 bits per heavy atom. The number of hydrogen-bond donors (Lipinski definition) is 2. The van der Waals surface area contributed by atoms with Crippen LogP contribution in [0.25, 0.3) is 6.08 Å². The second-order valence-corrected chi connectivity index (χ2v) is 8.80. The van der Waals surface area contributed by atoms with Crippen LogP contribution in [-0.4, -0.2) is 60.6 Å². The minimum atomic E-state index is -0.776. The first-order valence-electron chi connectivity index (χ1n) is 12.2. The molecule has 0 aromatic heterocycles. The molecular weight excluding hydrogens is 428 g/mol. The summed E-state index contributed by atoms with van der Waals surface area (Å²) in [6, 6.07) is 16.5. The first-order valence-corrected chi connectivity index (χ1v) is 12.2. The molecule has 1 unspecified atom stereocenters. The summed E-state index contributed by atoms with van der Waals surface area (Å²) in [5.74, 6) is 0.696. The van der Waals surface area contributed by atoms with Gasteiger partial charge in [-0.2, -0.15) is 0 Å². The van der Waals surface area contributed by atoms with Crippen LogP contribution < -0.4 is 10.1 Å². The van der Waals surface area contributed by atoms with Crippen molar-refractivity contribution in [1.29, 1.82) is 0 Å². The van der Waals surface area contributed by atoms with Crippen LogP contribution in [0, 0.1) is 0 Å². The number of methoxy groups -OCH3 is 1. The summed E-state index contributed by atoms with van der Waals surface area (Å²) in [4.78, 5) is 27.3. The molecule has 1 heterocycles. The van der Waals surface area contributed by atoms with Crippen LogP contribution in [0.4, 0.5) is 0 Å². The quantitative estimate of drug-likeness (QED) is 0.345. The Morgan fingerprint density at radius 2 is 1.71 bits per heavy atom. The predicted molar refractivity (Wildman–Crippen MR) is 135 cm³/mol. The van der Waals surface area contributed by atoms with Crippen LogP contribution in [0.5, 0.6) is 5.75 Å². The first kappa shape index (κ1) is 25.7. The highest BCUT2D eigenvalue weighted by atomic mass is 16.5. The zero-order valence-corrected chi connectivity index (χ0v) is 20.0. The van der Waals surface area contributed by atoms with Crippen LogP contribution in [0.3, 0.4) is 0 Å². The van der Waals surface area contributed by atoms with E-state index in [9.17, 15) is 14.7 Å². The number of ether oxygens (including phenoxy) is 1. The van der Waals surface area contributed by atoms with E-state index in [1.807, 2.05) is 36.4 Å². The molecule has 3 rings (SSSR count). The number of nitrogens with one attached hydrogen (secondary N) is 1. The number of likely N-dealkylation sites (tertiary alicyclic amines) is 1. The molecule has 2 aromatic rings. The van der Waals surface area contributed by atoms with Gasteiger partial charge in [-0.15, -0.1) is 0 Å². The molecule has 34 heavy (non-hydrogen) atoms. The van der Waals surface area contributed by atoms with Crippen molar-refractivity contribution in [2.75, 3.05) is 26.7 Å². The van der Waals surface area contributed by atoms with Gasteiger partial charge in [-0.25, -0.2) is 0 Å². The number of hydrogen-bond acceptors (Lipinski definition) is 5. The van der Waals surface area contributed by atoms with Gasteiger partial charge in [0.05, 0.1) is 19.3 Å². The summed E-state index contributed by atoms with van der Waals surface area (Å²) in [7, 11) is 1.59. The number of carbonyl (C=O) groups is 2. The van der Waals surface area contributed by atoms with E-state index in [1.165, 1.54) is 0 Å². The number of aliphatic hydroxyl groups excluding tert-OH is 1. The normalized spacial score (nSPS) is 15.8. The summed E-state index contributed by atoms with van der Waals surface area (Å²) < 4.78 is 5.12. The van der Waals surface area contributed by atoms with Gasteiger partial charge in [-0.1, -0.05) is 42.5 Å². The van der Waals surface area contributed by atoms with Gasteiger partial charge in [-0.3, -0.25) is 9.59 Å². The molecule has 6 nitrogen and oxygen atoms in total. The monoisotopic (exact) mass is 464 g/mol. The average molecular weight is 465 g/mol. The molecule has 0 aliphatic carbocycles. The van der Waals surface area contributed by atoms with E-state index < -0.39 is 6.10 Å². The fraction of sp³-hybridized carbons (Fsp3) is 0.429. The highest BCUT2D eigenvalue weighted by molar-refractivity contribution is 5.96. The molecule has 1 aliphatic rings. The smallest absolute Gasteiger partial charge is 0.220 e. The van der Waals surface area contributed by atoms with E-state index in [-0.39, 0.29) is 17.7 Å². The van der Waals surface area contributed by atoms with Crippen LogP contribution in [-0.2, 0) is 4.79 Å². The fourth-order valence-electron chi connectivity index (χ4n) is 4.16. The number of benzene rings is 2. The van der Waals surface area contributed by atoms with Crippen molar-refractivity contribution in [3.63, 3.8) is 0 Å². The van der Waals surface area contributed by atoms with Crippen LogP contribution >= 0.6 is 0 Å². The Kier molecular flexibility index (Phi) is 10.3. The predicted octanol–water partition coefficient (Wildman–Crippen LogP) is 4.09. The van der Waals surface area contributed by atoms with Crippen molar-refractivity contribution in [3.8, 4) is 5.75 Å². The number of amides is 1. The maximum atomic E-state index is 12.6. The van der Waals surface area contributed by atoms with Gasteiger partial charge < -0.3 is 20.1 Å². The Bertz CT molecular complexity index is 921. The summed E-state index contributed by atoms with van der Waals surface area (Å²) >= 11 is 0. The molecule has 0 radical (unpaired) electrons. The lowest BCUT2D eigenvalue weighted by Gasteiger charge is -2.27. The molecule has 1 amide bonds. The number of aliphatic hydroxyl groups is 1. The lowest BCUT2D eigenvalue weighted by Crippen LogP contribution is -2.49. The molecule has 0 spiro atoms. The number of unbranched alkanes of at least 4 members (excludes halogenated alkanes) is 1. The van der Waals surface area contributed by atoms with E-state index in [4.69, 9.17) is 4.74 Å². The van der Waals surface area contributed by atoms with Gasteiger partial charge in [0.15, 0.2) is 5.78 Å². The maximum absolute atomic E-state index is 12.6. The third-order valence-electron chi connectivity index (χ3n) is 6.17. The Morgan fingerprint density at radius 1 is 1.03 bits per heavy atom. The third kappa shape index (κ3) is 8.43. The first-order chi connectivity index (χ1) is 16.5. The molecular formula is C28H36N2O4. The summed E-state index contributed by atoms with van der Waals surface area (Å²) in [6.45, 7) is 2.62. The minimum absolute atomic E-state index is 0.0662. The van der Waals surface area contributed by atoms with E-state index in [0.717, 1.165) is 37.2 Å². The van der Waals surface area contributed by atoms with E-state index in [1.54, 1.807) is 37.5 Å². The standard InChI is InChI=1S/C28H36N2O4/c1-34-24-16-14-23(15-17-24)26(31)11-5-6-12-28(33)29-25(21-30-19-7-8-20-30)27(32)18-13-22-9-3-2-4-10-22/h2-4,9-10,13-18,25,27,32H,5-8,11-12,19-21H2,1H3,(H,29,33)/b18-13+/t25?,27-/m1/s1. The second-order valence-electron chi connectivity index (χ2n) is 8.80. The molecule has 1 fully saturated rings. The molecule has 1 saturated heterocycles. The summed E-state index contributed by atoms with van der Waals surface area (Å²) in [5, 5.41) is 13.8. The fourth-order valence-corrected chi connectivity index (χ4v) is 4.16. The van der Waals surface area contributed by atoms with Gasteiger partial charge in [0.25, 0.3) is 0 Å². The highest BCUT2D eigenvalue weighted by Crippen LogP contribution is 2.15.